The molecule has 1 aromatic heterocycles. The normalized spacial score (nSPS) is 10.0. The first-order chi connectivity index (χ1) is 11.8. The van der Waals surface area contributed by atoms with Crippen LogP contribution in [-0.2, 0) is 6.54 Å². The highest BCUT2D eigenvalue weighted by Crippen LogP contribution is 2.43. The minimum absolute atomic E-state index is 0. The molecule has 0 bridgehead atoms. The first-order valence-electron chi connectivity index (χ1n) is 7.50. The van der Waals surface area contributed by atoms with Gasteiger partial charge in [0.05, 0.1) is 26.7 Å². The molecule has 0 saturated heterocycles. The van der Waals surface area contributed by atoms with Crippen molar-refractivity contribution in [3.8, 4) is 17.2 Å². The number of nitrogens with one attached hydrogen (secondary N) is 1. The van der Waals surface area contributed by atoms with E-state index < -0.39 is 0 Å². The Labute approximate surface area is 152 Å². The molecular weight excluding hydrogens is 342 g/mol. The molecule has 0 aliphatic heterocycles. The summed E-state index contributed by atoms with van der Waals surface area (Å²) >= 11 is 0. The predicted molar refractivity (Wildman–Crippen MR) is 100 cm³/mol. The van der Waals surface area contributed by atoms with Gasteiger partial charge in [0.2, 0.25) is 5.75 Å². The zero-order valence-corrected chi connectivity index (χ0v) is 15.1. The molecule has 132 valence electrons. The van der Waals surface area contributed by atoms with Crippen molar-refractivity contribution in [2.45, 2.75) is 6.54 Å². The molecule has 0 amide bonds. The van der Waals surface area contributed by atoms with E-state index in [4.69, 9.17) is 14.2 Å². The van der Waals surface area contributed by atoms with E-state index in [0.29, 0.717) is 35.1 Å². The molecule has 0 aliphatic rings. The Morgan fingerprint density at radius 2 is 1.64 bits per heavy atom. The molecule has 0 saturated carbocycles. The van der Waals surface area contributed by atoms with Gasteiger partial charge in [-0.05, 0) is 11.6 Å². The van der Waals surface area contributed by atoms with E-state index in [9.17, 15) is 0 Å². The maximum Gasteiger partial charge on any atom is 0.205 e. The molecule has 1 heterocycles. The Morgan fingerprint density at radius 3 is 2.28 bits per heavy atom. The number of anilines is 1. The number of rotatable bonds is 6. The molecule has 0 spiro atoms. The molecule has 0 unspecified atom stereocenters. The van der Waals surface area contributed by atoms with Crippen molar-refractivity contribution in [1.29, 1.82) is 0 Å². The molecule has 0 fully saturated rings. The molecule has 2 aromatic carbocycles. The fourth-order valence-electron chi connectivity index (χ4n) is 2.59. The quantitative estimate of drug-likeness (QED) is 0.722. The van der Waals surface area contributed by atoms with Crippen LogP contribution in [0.25, 0.3) is 10.9 Å². The van der Waals surface area contributed by atoms with Crippen molar-refractivity contribution in [3.63, 3.8) is 0 Å². The van der Waals surface area contributed by atoms with Gasteiger partial charge in [0.1, 0.15) is 17.7 Å². The van der Waals surface area contributed by atoms with Crippen molar-refractivity contribution >= 4 is 29.1 Å². The van der Waals surface area contributed by atoms with Crippen molar-refractivity contribution in [3.05, 3.63) is 48.3 Å². The lowest BCUT2D eigenvalue weighted by Gasteiger charge is -2.15. The molecule has 6 nitrogen and oxygen atoms in total. The van der Waals surface area contributed by atoms with Gasteiger partial charge in [-0.1, -0.05) is 30.3 Å². The summed E-state index contributed by atoms with van der Waals surface area (Å²) in [4.78, 5) is 8.69. The lowest BCUT2D eigenvalue weighted by Crippen LogP contribution is -2.04. The monoisotopic (exact) mass is 361 g/mol. The van der Waals surface area contributed by atoms with Crippen LogP contribution in [0.5, 0.6) is 17.2 Å². The van der Waals surface area contributed by atoms with Crippen LogP contribution in [0.3, 0.4) is 0 Å². The second-order valence-electron chi connectivity index (χ2n) is 5.10. The molecule has 25 heavy (non-hydrogen) atoms. The number of methoxy groups -OCH3 is 3. The predicted octanol–water partition coefficient (Wildman–Crippen LogP) is 3.69. The van der Waals surface area contributed by atoms with Gasteiger partial charge in [-0.2, -0.15) is 0 Å². The highest BCUT2D eigenvalue weighted by Gasteiger charge is 2.19. The molecule has 0 radical (unpaired) electrons. The van der Waals surface area contributed by atoms with Gasteiger partial charge in [-0.15, -0.1) is 12.4 Å². The van der Waals surface area contributed by atoms with Crippen LogP contribution >= 0.6 is 12.4 Å². The van der Waals surface area contributed by atoms with E-state index in [0.717, 1.165) is 10.9 Å². The number of ether oxygens (including phenoxy) is 3. The number of aromatic nitrogens is 2. The van der Waals surface area contributed by atoms with E-state index in [2.05, 4.69) is 27.4 Å². The summed E-state index contributed by atoms with van der Waals surface area (Å²) in [5.74, 6) is 2.32. The Morgan fingerprint density at radius 1 is 0.920 bits per heavy atom. The minimum Gasteiger partial charge on any atom is -0.493 e. The summed E-state index contributed by atoms with van der Waals surface area (Å²) < 4.78 is 16.3. The number of halogens is 1. The fraction of sp³-hybridized carbons (Fsp3) is 0.222. The molecule has 1 N–H and O–H groups in total. The summed E-state index contributed by atoms with van der Waals surface area (Å²) in [5, 5.41) is 4.15. The van der Waals surface area contributed by atoms with Gasteiger partial charge in [0.15, 0.2) is 11.5 Å². The van der Waals surface area contributed by atoms with Crippen LogP contribution in [0.1, 0.15) is 5.56 Å². The second kappa shape index (κ2) is 8.39. The third-order valence-corrected chi connectivity index (χ3v) is 3.74. The number of benzene rings is 2. The van der Waals surface area contributed by atoms with E-state index in [1.807, 2.05) is 24.3 Å². The van der Waals surface area contributed by atoms with Crippen molar-refractivity contribution in [2.24, 2.45) is 0 Å². The number of fused-ring (bicyclic) bond motifs is 1. The van der Waals surface area contributed by atoms with Crippen molar-refractivity contribution in [1.82, 2.24) is 9.97 Å². The van der Waals surface area contributed by atoms with Gasteiger partial charge in [-0.3, -0.25) is 0 Å². The number of hydrogen-bond donors (Lipinski definition) is 1. The topological polar surface area (TPSA) is 65.5 Å². The zero-order valence-electron chi connectivity index (χ0n) is 14.3. The van der Waals surface area contributed by atoms with Crippen molar-refractivity contribution in [2.75, 3.05) is 26.6 Å². The molecule has 0 aliphatic carbocycles. The molecule has 3 aromatic rings. The maximum atomic E-state index is 5.49. The SMILES string of the molecule is COc1cc2c(NCc3ccccc3)ncnc2c(OC)c1OC.Cl. The minimum atomic E-state index is 0. The van der Waals surface area contributed by atoms with E-state index >= 15 is 0 Å². The van der Waals surface area contributed by atoms with Crippen LogP contribution in [0.4, 0.5) is 5.82 Å². The van der Waals surface area contributed by atoms with Gasteiger partial charge in [0, 0.05) is 6.54 Å². The first kappa shape index (κ1) is 18.6. The van der Waals surface area contributed by atoms with Gasteiger partial charge in [0.25, 0.3) is 0 Å². The van der Waals surface area contributed by atoms with Crippen LogP contribution in [0.15, 0.2) is 42.7 Å². The third kappa shape index (κ3) is 3.69. The molecular formula is C18H20ClN3O3. The third-order valence-electron chi connectivity index (χ3n) is 3.74. The Balaban J connectivity index is 0.00000225. The van der Waals surface area contributed by atoms with Gasteiger partial charge < -0.3 is 19.5 Å². The molecule has 0 atom stereocenters. The average Bonchev–Trinajstić information content (AvgIpc) is 2.65. The van der Waals surface area contributed by atoms with E-state index in [1.54, 1.807) is 21.3 Å². The summed E-state index contributed by atoms with van der Waals surface area (Å²) in [5.41, 5.74) is 1.83. The maximum absolute atomic E-state index is 5.49. The Hall–Kier alpha value is -2.73. The summed E-state index contributed by atoms with van der Waals surface area (Å²) in [6.07, 6.45) is 1.50. The summed E-state index contributed by atoms with van der Waals surface area (Å²) in [6.45, 7) is 0.656. The Bertz CT molecular complexity index is 844. The van der Waals surface area contributed by atoms with Crippen molar-refractivity contribution < 1.29 is 14.2 Å². The standard InChI is InChI=1S/C18H19N3O3.ClH/c1-22-14-9-13-15(17(24-3)16(14)23-2)20-11-21-18(13)19-10-12-7-5-4-6-8-12;/h4-9,11H,10H2,1-3H3,(H,19,20,21);1H. The smallest absolute Gasteiger partial charge is 0.205 e. The van der Waals surface area contributed by atoms with Gasteiger partial charge in [-0.25, -0.2) is 9.97 Å². The average molecular weight is 362 g/mol. The van der Waals surface area contributed by atoms with Crippen LogP contribution in [0, 0.1) is 0 Å². The second-order valence-corrected chi connectivity index (χ2v) is 5.10. The largest absolute Gasteiger partial charge is 0.493 e. The lowest BCUT2D eigenvalue weighted by atomic mass is 10.1. The highest BCUT2D eigenvalue weighted by molar-refractivity contribution is 5.96. The summed E-state index contributed by atoms with van der Waals surface area (Å²) in [7, 11) is 4.74. The first-order valence-corrected chi connectivity index (χ1v) is 7.50. The van der Waals surface area contributed by atoms with Gasteiger partial charge >= 0.3 is 0 Å². The molecule has 7 heteroatoms. The number of hydrogen-bond acceptors (Lipinski definition) is 6. The zero-order chi connectivity index (χ0) is 16.9. The van der Waals surface area contributed by atoms with Crippen LogP contribution in [-0.4, -0.2) is 31.3 Å². The highest BCUT2D eigenvalue weighted by atomic mass is 35.5. The number of nitrogens with zero attached hydrogens (tertiary/aromatic N) is 2. The van der Waals surface area contributed by atoms with E-state index in [1.165, 1.54) is 6.33 Å². The molecule has 3 rings (SSSR count). The fourth-order valence-corrected chi connectivity index (χ4v) is 2.59. The lowest BCUT2D eigenvalue weighted by molar-refractivity contribution is 0.327. The van der Waals surface area contributed by atoms with Crippen LogP contribution < -0.4 is 19.5 Å². The van der Waals surface area contributed by atoms with Crippen LogP contribution in [0.2, 0.25) is 0 Å². The summed E-state index contributed by atoms with van der Waals surface area (Å²) in [6, 6.07) is 12.0. The Kier molecular flexibility index (Phi) is 6.25. The van der Waals surface area contributed by atoms with E-state index in [-0.39, 0.29) is 12.4 Å².